The van der Waals surface area contributed by atoms with Crippen molar-refractivity contribution in [2.24, 2.45) is 0 Å². The first-order chi connectivity index (χ1) is 13.7. The predicted octanol–water partition coefficient (Wildman–Crippen LogP) is 3.46. The maximum atomic E-state index is 13.2. The number of phenolic OH excluding ortho intramolecular Hbond substituents is 1. The molecule has 1 amide bonds. The van der Waals surface area contributed by atoms with E-state index >= 15 is 0 Å². The minimum absolute atomic E-state index is 0.0475. The van der Waals surface area contributed by atoms with Gasteiger partial charge in [0.1, 0.15) is 17.1 Å². The van der Waals surface area contributed by atoms with Gasteiger partial charge >= 0.3 is 0 Å². The van der Waals surface area contributed by atoms with E-state index in [1.807, 2.05) is 29.2 Å². The highest BCUT2D eigenvalue weighted by molar-refractivity contribution is 5.97. The van der Waals surface area contributed by atoms with Crippen LogP contribution in [-0.2, 0) is 6.54 Å². The Morgan fingerprint density at radius 1 is 1.21 bits per heavy atom. The van der Waals surface area contributed by atoms with Gasteiger partial charge in [0.2, 0.25) is 0 Å². The van der Waals surface area contributed by atoms with E-state index in [9.17, 15) is 9.90 Å². The van der Waals surface area contributed by atoms with Gasteiger partial charge in [-0.3, -0.25) is 9.89 Å². The van der Waals surface area contributed by atoms with Crippen LogP contribution in [0.1, 0.15) is 28.9 Å². The Kier molecular flexibility index (Phi) is 3.86. The van der Waals surface area contributed by atoms with Gasteiger partial charge in [0, 0.05) is 29.7 Å². The number of amides is 1. The van der Waals surface area contributed by atoms with Crippen LogP contribution in [0.2, 0.25) is 0 Å². The summed E-state index contributed by atoms with van der Waals surface area (Å²) in [5, 5.41) is 17.3. The van der Waals surface area contributed by atoms with Crippen molar-refractivity contribution in [2.45, 2.75) is 25.4 Å². The molecular weight excluding hydrogens is 354 g/mol. The van der Waals surface area contributed by atoms with E-state index in [0.717, 1.165) is 35.0 Å². The maximum Gasteiger partial charge on any atom is 0.270 e. The zero-order valence-electron chi connectivity index (χ0n) is 15.1. The molecule has 1 saturated carbocycles. The van der Waals surface area contributed by atoms with Crippen LogP contribution in [0.25, 0.3) is 22.3 Å². The van der Waals surface area contributed by atoms with Crippen LogP contribution in [0.5, 0.6) is 5.75 Å². The summed E-state index contributed by atoms with van der Waals surface area (Å²) in [6.45, 7) is 0.473. The van der Waals surface area contributed by atoms with Gasteiger partial charge in [0.25, 0.3) is 5.91 Å². The summed E-state index contributed by atoms with van der Waals surface area (Å²) in [4.78, 5) is 22.9. The molecule has 0 saturated heterocycles. The summed E-state index contributed by atoms with van der Waals surface area (Å²) < 4.78 is 0. The Labute approximate surface area is 161 Å². The van der Waals surface area contributed by atoms with Gasteiger partial charge in [-0.05, 0) is 48.7 Å². The first-order valence-electron chi connectivity index (χ1n) is 9.25. The second-order valence-electron chi connectivity index (χ2n) is 7.14. The van der Waals surface area contributed by atoms with Gasteiger partial charge in [-0.1, -0.05) is 12.1 Å². The van der Waals surface area contributed by atoms with Crippen molar-refractivity contribution in [3.05, 3.63) is 66.1 Å². The van der Waals surface area contributed by atoms with Crippen molar-refractivity contribution >= 4 is 16.9 Å². The number of fused-ring (bicyclic) bond motifs is 1. The lowest BCUT2D eigenvalue weighted by molar-refractivity contribution is 0.0724. The molecular formula is C21H19N5O2. The summed E-state index contributed by atoms with van der Waals surface area (Å²) in [7, 11) is 0. The molecule has 140 valence electrons. The number of carbonyl (C=O) groups is 1. The normalized spacial score (nSPS) is 13.7. The minimum atomic E-state index is -0.0475. The number of rotatable bonds is 5. The smallest absolute Gasteiger partial charge is 0.270 e. The Balaban J connectivity index is 1.45. The number of nitrogens with one attached hydrogen (secondary N) is 2. The number of aromatic nitrogens is 4. The fourth-order valence-corrected chi connectivity index (χ4v) is 3.43. The summed E-state index contributed by atoms with van der Waals surface area (Å²) in [5.41, 5.74) is 3.81. The summed E-state index contributed by atoms with van der Waals surface area (Å²) in [6.07, 6.45) is 5.52. The molecule has 1 aromatic carbocycles. The number of aromatic hydroxyl groups is 1. The zero-order chi connectivity index (χ0) is 19.1. The lowest BCUT2D eigenvalue weighted by atomic mass is 10.2. The molecule has 4 aromatic rings. The average molecular weight is 373 g/mol. The van der Waals surface area contributed by atoms with Gasteiger partial charge in [-0.15, -0.1) is 0 Å². The Hall–Kier alpha value is -3.61. The number of aromatic amines is 2. The molecule has 0 atom stereocenters. The van der Waals surface area contributed by atoms with E-state index in [-0.39, 0.29) is 17.7 Å². The molecule has 1 aliphatic carbocycles. The van der Waals surface area contributed by atoms with Crippen molar-refractivity contribution in [3.63, 3.8) is 0 Å². The summed E-state index contributed by atoms with van der Waals surface area (Å²) in [5.74, 6) is 0.163. The Bertz CT molecular complexity index is 1140. The third-order valence-electron chi connectivity index (χ3n) is 5.02. The second kappa shape index (κ2) is 6.53. The second-order valence-corrected chi connectivity index (χ2v) is 7.14. The van der Waals surface area contributed by atoms with Gasteiger partial charge in [-0.2, -0.15) is 5.10 Å². The number of pyridine rings is 1. The lowest BCUT2D eigenvalue weighted by Gasteiger charge is -2.22. The number of H-pyrrole nitrogens is 2. The standard InChI is InChI=1S/C21H19N5O2/c27-17-3-1-2-13(8-17)12-26(16-5-6-16)21(28)19-9-14-4-7-18(24-20(14)25-19)15-10-22-23-11-15/h1-4,7-11,16,27H,5-6,12H2,(H,22,23)(H,24,25). The molecule has 7 nitrogen and oxygen atoms in total. The molecule has 7 heteroatoms. The van der Waals surface area contributed by atoms with Crippen molar-refractivity contribution in [2.75, 3.05) is 0 Å². The van der Waals surface area contributed by atoms with Gasteiger partial charge in [0.05, 0.1) is 11.9 Å². The molecule has 0 unspecified atom stereocenters. The third kappa shape index (κ3) is 3.11. The van der Waals surface area contributed by atoms with Crippen LogP contribution in [0.3, 0.4) is 0 Å². The van der Waals surface area contributed by atoms with Crippen LogP contribution < -0.4 is 0 Å². The fraction of sp³-hybridized carbons (Fsp3) is 0.190. The highest BCUT2D eigenvalue weighted by atomic mass is 16.3. The van der Waals surface area contributed by atoms with Crippen LogP contribution in [0.4, 0.5) is 0 Å². The van der Waals surface area contributed by atoms with Crippen LogP contribution in [0, 0.1) is 0 Å². The number of hydrogen-bond donors (Lipinski definition) is 3. The first kappa shape index (κ1) is 16.6. The summed E-state index contributed by atoms with van der Waals surface area (Å²) in [6, 6.07) is 13.0. The molecule has 3 aromatic heterocycles. The van der Waals surface area contributed by atoms with Crippen molar-refractivity contribution in [1.82, 2.24) is 25.1 Å². The summed E-state index contributed by atoms with van der Waals surface area (Å²) >= 11 is 0. The molecule has 5 rings (SSSR count). The topological polar surface area (TPSA) is 97.9 Å². The molecule has 0 spiro atoms. The molecule has 28 heavy (non-hydrogen) atoms. The highest BCUT2D eigenvalue weighted by Gasteiger charge is 2.33. The fourth-order valence-electron chi connectivity index (χ4n) is 3.43. The molecule has 1 aliphatic rings. The van der Waals surface area contributed by atoms with E-state index in [0.29, 0.717) is 17.9 Å². The third-order valence-corrected chi connectivity index (χ3v) is 5.02. The Morgan fingerprint density at radius 2 is 2.11 bits per heavy atom. The van der Waals surface area contributed by atoms with E-state index in [4.69, 9.17) is 0 Å². The van der Waals surface area contributed by atoms with Gasteiger partial charge in [0.15, 0.2) is 0 Å². The quantitative estimate of drug-likeness (QED) is 0.499. The van der Waals surface area contributed by atoms with Crippen LogP contribution in [0.15, 0.2) is 54.9 Å². The van der Waals surface area contributed by atoms with E-state index < -0.39 is 0 Å². The first-order valence-corrected chi connectivity index (χ1v) is 9.25. The van der Waals surface area contributed by atoms with E-state index in [1.165, 1.54) is 0 Å². The molecule has 3 N–H and O–H groups in total. The molecule has 0 bridgehead atoms. The van der Waals surface area contributed by atoms with Crippen LogP contribution >= 0.6 is 0 Å². The molecule has 0 aliphatic heterocycles. The molecule has 3 heterocycles. The van der Waals surface area contributed by atoms with Crippen molar-refractivity contribution in [1.29, 1.82) is 0 Å². The van der Waals surface area contributed by atoms with Crippen molar-refractivity contribution in [3.8, 4) is 17.0 Å². The largest absolute Gasteiger partial charge is 0.508 e. The molecule has 1 fully saturated rings. The number of nitrogens with zero attached hydrogens (tertiary/aromatic N) is 3. The maximum absolute atomic E-state index is 13.2. The monoisotopic (exact) mass is 373 g/mol. The van der Waals surface area contributed by atoms with E-state index in [2.05, 4.69) is 20.2 Å². The minimum Gasteiger partial charge on any atom is -0.508 e. The van der Waals surface area contributed by atoms with Gasteiger partial charge in [-0.25, -0.2) is 4.98 Å². The predicted molar refractivity (Wildman–Crippen MR) is 105 cm³/mol. The number of carbonyl (C=O) groups excluding carboxylic acids is 1. The number of hydrogen-bond acceptors (Lipinski definition) is 4. The number of phenols is 1. The van der Waals surface area contributed by atoms with Crippen LogP contribution in [-0.4, -0.2) is 42.1 Å². The SMILES string of the molecule is O=C(c1cc2ccc(-c3cn[nH]c3)nc2[nH]1)N(Cc1cccc(O)c1)C1CC1. The lowest BCUT2D eigenvalue weighted by Crippen LogP contribution is -2.32. The van der Waals surface area contributed by atoms with Gasteiger partial charge < -0.3 is 15.0 Å². The number of benzene rings is 1. The molecule has 0 radical (unpaired) electrons. The Morgan fingerprint density at radius 3 is 2.86 bits per heavy atom. The highest BCUT2D eigenvalue weighted by Crippen LogP contribution is 2.31. The zero-order valence-corrected chi connectivity index (χ0v) is 15.1. The van der Waals surface area contributed by atoms with E-state index in [1.54, 1.807) is 30.6 Å². The van der Waals surface area contributed by atoms with Crippen molar-refractivity contribution < 1.29 is 9.90 Å². The average Bonchev–Trinajstić information content (AvgIpc) is 3.22.